The van der Waals surface area contributed by atoms with Crippen molar-refractivity contribution >= 4 is 5.84 Å². The van der Waals surface area contributed by atoms with Crippen molar-refractivity contribution in [3.8, 4) is 0 Å². The van der Waals surface area contributed by atoms with E-state index in [9.17, 15) is 0 Å². The van der Waals surface area contributed by atoms with Gasteiger partial charge in [0.2, 0.25) is 0 Å². The fraction of sp³-hybridized carbons (Fsp3) is 0.889. The van der Waals surface area contributed by atoms with Gasteiger partial charge < -0.3 is 10.5 Å². The summed E-state index contributed by atoms with van der Waals surface area (Å²) >= 11 is 0. The van der Waals surface area contributed by atoms with Crippen LogP contribution in [0.1, 0.15) is 25.7 Å². The minimum absolute atomic E-state index is 0.448. The molecule has 0 aliphatic carbocycles. The number of amidine groups is 1. The van der Waals surface area contributed by atoms with Crippen LogP contribution in [0, 0.1) is 5.41 Å². The number of rotatable bonds is 0. The first-order valence-electron chi connectivity index (χ1n) is 4.67. The zero-order valence-electron chi connectivity index (χ0n) is 7.38. The smallest absolute Gasteiger partial charge is 0.0942 e. The highest BCUT2D eigenvalue weighted by Gasteiger charge is 2.34. The van der Waals surface area contributed by atoms with Crippen molar-refractivity contribution in [2.45, 2.75) is 25.7 Å². The molecule has 0 amide bonds. The van der Waals surface area contributed by atoms with E-state index in [-0.39, 0.29) is 0 Å². The van der Waals surface area contributed by atoms with Gasteiger partial charge in [0.05, 0.1) is 5.84 Å². The van der Waals surface area contributed by atoms with Crippen LogP contribution in [-0.4, -0.2) is 25.6 Å². The highest BCUT2D eigenvalue weighted by atomic mass is 16.5. The Labute approximate surface area is 73.0 Å². The van der Waals surface area contributed by atoms with Gasteiger partial charge in [-0.25, -0.2) is 0 Å². The van der Waals surface area contributed by atoms with Gasteiger partial charge in [0.25, 0.3) is 0 Å². The molecule has 1 fully saturated rings. The van der Waals surface area contributed by atoms with Crippen molar-refractivity contribution in [2.75, 3.05) is 19.8 Å². The molecule has 2 aliphatic rings. The van der Waals surface area contributed by atoms with Gasteiger partial charge in [0, 0.05) is 26.2 Å². The van der Waals surface area contributed by atoms with E-state index in [1.165, 1.54) is 19.3 Å². The van der Waals surface area contributed by atoms with Crippen LogP contribution >= 0.6 is 0 Å². The number of hydrogen-bond donors (Lipinski definition) is 1. The van der Waals surface area contributed by atoms with E-state index >= 15 is 0 Å². The van der Waals surface area contributed by atoms with E-state index in [1.807, 2.05) is 0 Å². The standard InChI is InChI=1S/C9H16N2O/c10-8-7-9(1-4-11-8)2-5-12-6-3-9/h1-7H2,(H2,10,11). The Kier molecular flexibility index (Phi) is 2.05. The molecule has 3 nitrogen and oxygen atoms in total. The zero-order chi connectivity index (χ0) is 8.44. The SMILES string of the molecule is NC1=NCCC2(CCOCC2)C1. The summed E-state index contributed by atoms with van der Waals surface area (Å²) in [6.45, 7) is 2.74. The molecule has 68 valence electrons. The maximum Gasteiger partial charge on any atom is 0.0942 e. The minimum atomic E-state index is 0.448. The molecular weight excluding hydrogens is 152 g/mol. The van der Waals surface area contributed by atoms with E-state index in [1.54, 1.807) is 0 Å². The summed E-state index contributed by atoms with van der Waals surface area (Å²) in [4.78, 5) is 4.23. The summed E-state index contributed by atoms with van der Waals surface area (Å²) in [5, 5.41) is 0. The van der Waals surface area contributed by atoms with Gasteiger partial charge in [-0.2, -0.15) is 0 Å². The van der Waals surface area contributed by atoms with E-state index in [0.29, 0.717) is 5.41 Å². The van der Waals surface area contributed by atoms with Crippen LogP contribution in [0.15, 0.2) is 4.99 Å². The van der Waals surface area contributed by atoms with Crippen molar-refractivity contribution in [2.24, 2.45) is 16.1 Å². The maximum atomic E-state index is 5.75. The second-order valence-electron chi connectivity index (χ2n) is 3.91. The predicted octanol–water partition coefficient (Wildman–Crippen LogP) is 0.934. The fourth-order valence-corrected chi connectivity index (χ4v) is 2.20. The van der Waals surface area contributed by atoms with Crippen LogP contribution in [0.25, 0.3) is 0 Å². The van der Waals surface area contributed by atoms with Gasteiger partial charge in [-0.05, 0) is 24.7 Å². The lowest BCUT2D eigenvalue weighted by Crippen LogP contribution is -2.37. The van der Waals surface area contributed by atoms with Gasteiger partial charge in [-0.15, -0.1) is 0 Å². The molecule has 1 saturated heterocycles. The second-order valence-corrected chi connectivity index (χ2v) is 3.91. The summed E-state index contributed by atoms with van der Waals surface area (Å²) in [5.41, 5.74) is 6.20. The lowest BCUT2D eigenvalue weighted by atomic mass is 9.73. The molecule has 0 bridgehead atoms. The van der Waals surface area contributed by atoms with E-state index in [0.717, 1.165) is 32.0 Å². The first kappa shape index (κ1) is 8.05. The highest BCUT2D eigenvalue weighted by Crippen LogP contribution is 2.39. The minimum Gasteiger partial charge on any atom is -0.387 e. The molecule has 0 aromatic rings. The Morgan fingerprint density at radius 1 is 1.25 bits per heavy atom. The molecule has 0 unspecified atom stereocenters. The normalized spacial score (nSPS) is 28.5. The largest absolute Gasteiger partial charge is 0.387 e. The average Bonchev–Trinajstić information content (AvgIpc) is 2.05. The van der Waals surface area contributed by atoms with Crippen LogP contribution in [0.2, 0.25) is 0 Å². The zero-order valence-corrected chi connectivity index (χ0v) is 7.38. The van der Waals surface area contributed by atoms with Gasteiger partial charge in [0.15, 0.2) is 0 Å². The van der Waals surface area contributed by atoms with Gasteiger partial charge in [0.1, 0.15) is 0 Å². The van der Waals surface area contributed by atoms with Crippen LogP contribution in [0.5, 0.6) is 0 Å². The summed E-state index contributed by atoms with van der Waals surface area (Å²) in [7, 11) is 0. The van der Waals surface area contributed by atoms with Crippen LogP contribution < -0.4 is 5.73 Å². The molecule has 0 saturated carbocycles. The first-order chi connectivity index (χ1) is 5.81. The summed E-state index contributed by atoms with van der Waals surface area (Å²) < 4.78 is 5.35. The third kappa shape index (κ3) is 1.46. The van der Waals surface area contributed by atoms with Gasteiger partial charge in [-0.3, -0.25) is 4.99 Å². The lowest BCUT2D eigenvalue weighted by molar-refractivity contribution is 0.0130. The lowest BCUT2D eigenvalue weighted by Gasteiger charge is -2.38. The van der Waals surface area contributed by atoms with Crippen molar-refractivity contribution in [1.82, 2.24) is 0 Å². The molecule has 2 rings (SSSR count). The molecule has 2 aliphatic heterocycles. The molecule has 3 heteroatoms. The van der Waals surface area contributed by atoms with Gasteiger partial charge >= 0.3 is 0 Å². The Morgan fingerprint density at radius 2 is 2.00 bits per heavy atom. The monoisotopic (exact) mass is 168 g/mol. The Hall–Kier alpha value is -0.570. The van der Waals surface area contributed by atoms with Crippen molar-refractivity contribution < 1.29 is 4.74 Å². The first-order valence-corrected chi connectivity index (χ1v) is 4.67. The van der Waals surface area contributed by atoms with E-state index < -0.39 is 0 Å². The topological polar surface area (TPSA) is 47.6 Å². The third-order valence-corrected chi connectivity index (χ3v) is 3.07. The molecule has 0 aromatic carbocycles. The molecule has 0 radical (unpaired) electrons. The molecular formula is C9H16N2O. The molecule has 12 heavy (non-hydrogen) atoms. The number of hydrogen-bond acceptors (Lipinski definition) is 3. The van der Waals surface area contributed by atoms with E-state index in [2.05, 4.69) is 4.99 Å². The molecule has 0 aromatic heterocycles. The number of nitrogens with two attached hydrogens (primary N) is 1. The Bertz CT molecular complexity index is 195. The van der Waals surface area contributed by atoms with Crippen LogP contribution in [0.3, 0.4) is 0 Å². The Balaban J connectivity index is 2.05. The van der Waals surface area contributed by atoms with Crippen molar-refractivity contribution in [3.63, 3.8) is 0 Å². The van der Waals surface area contributed by atoms with Crippen LogP contribution in [-0.2, 0) is 4.74 Å². The average molecular weight is 168 g/mol. The molecule has 1 spiro atoms. The molecule has 2 heterocycles. The van der Waals surface area contributed by atoms with Crippen molar-refractivity contribution in [1.29, 1.82) is 0 Å². The van der Waals surface area contributed by atoms with Crippen molar-refractivity contribution in [3.05, 3.63) is 0 Å². The summed E-state index contributed by atoms with van der Waals surface area (Å²) in [6.07, 6.45) is 4.54. The fourth-order valence-electron chi connectivity index (χ4n) is 2.20. The Morgan fingerprint density at radius 3 is 2.67 bits per heavy atom. The number of ether oxygens (including phenoxy) is 1. The third-order valence-electron chi connectivity index (χ3n) is 3.07. The van der Waals surface area contributed by atoms with Crippen LogP contribution in [0.4, 0.5) is 0 Å². The molecule has 0 atom stereocenters. The number of aliphatic imine (C=N–C) groups is 1. The predicted molar refractivity (Wildman–Crippen MR) is 48.2 cm³/mol. The van der Waals surface area contributed by atoms with E-state index in [4.69, 9.17) is 10.5 Å². The maximum absolute atomic E-state index is 5.75. The molecule has 2 N–H and O–H groups in total. The summed E-state index contributed by atoms with van der Waals surface area (Å²) in [5.74, 6) is 0.850. The van der Waals surface area contributed by atoms with Gasteiger partial charge in [-0.1, -0.05) is 0 Å². The highest BCUT2D eigenvalue weighted by molar-refractivity contribution is 5.81. The number of nitrogens with zero attached hydrogens (tertiary/aromatic N) is 1. The second kappa shape index (κ2) is 3.05. The quantitative estimate of drug-likeness (QED) is 0.585. The summed E-state index contributed by atoms with van der Waals surface area (Å²) in [6, 6.07) is 0.